The molecule has 3 aliphatic rings. The SMILES string of the molecule is CSC1(CNC2CC3CCC(C2)N3C)CCCCC1. The zero-order chi connectivity index (χ0) is 13.3. The van der Waals surface area contributed by atoms with Crippen molar-refractivity contribution >= 4 is 11.8 Å². The number of piperidine rings is 1. The summed E-state index contributed by atoms with van der Waals surface area (Å²) in [5, 5.41) is 3.96. The van der Waals surface area contributed by atoms with Gasteiger partial charge in [0.05, 0.1) is 0 Å². The Bertz CT molecular complexity index is 287. The number of nitrogens with zero attached hydrogens (tertiary/aromatic N) is 1. The maximum Gasteiger partial charge on any atom is 0.0281 e. The Balaban J connectivity index is 1.52. The molecule has 2 unspecified atom stereocenters. The van der Waals surface area contributed by atoms with Crippen molar-refractivity contribution in [3.8, 4) is 0 Å². The molecule has 3 fully saturated rings. The normalized spacial score (nSPS) is 38.5. The fourth-order valence-corrected chi connectivity index (χ4v) is 5.48. The van der Waals surface area contributed by atoms with Crippen LogP contribution in [0.15, 0.2) is 0 Å². The lowest BCUT2D eigenvalue weighted by atomic mass is 9.87. The van der Waals surface area contributed by atoms with Crippen molar-refractivity contribution in [1.29, 1.82) is 0 Å². The minimum atomic E-state index is 0.556. The first kappa shape index (κ1) is 14.2. The van der Waals surface area contributed by atoms with Crippen LogP contribution in [0.1, 0.15) is 57.8 Å². The van der Waals surface area contributed by atoms with Crippen LogP contribution >= 0.6 is 11.8 Å². The van der Waals surface area contributed by atoms with E-state index >= 15 is 0 Å². The van der Waals surface area contributed by atoms with E-state index in [0.29, 0.717) is 4.75 Å². The zero-order valence-corrected chi connectivity index (χ0v) is 13.5. The third kappa shape index (κ3) is 2.98. The van der Waals surface area contributed by atoms with Crippen LogP contribution < -0.4 is 5.32 Å². The monoisotopic (exact) mass is 282 g/mol. The first-order valence-electron chi connectivity index (χ1n) is 8.23. The minimum Gasteiger partial charge on any atom is -0.312 e. The predicted octanol–water partition coefficient (Wildman–Crippen LogP) is 3.27. The van der Waals surface area contributed by atoms with Crippen LogP contribution in [-0.2, 0) is 0 Å². The molecule has 0 aromatic carbocycles. The summed E-state index contributed by atoms with van der Waals surface area (Å²) in [5.74, 6) is 0. The summed E-state index contributed by atoms with van der Waals surface area (Å²) in [4.78, 5) is 2.64. The van der Waals surface area contributed by atoms with Crippen molar-refractivity contribution < 1.29 is 0 Å². The van der Waals surface area contributed by atoms with Gasteiger partial charge >= 0.3 is 0 Å². The van der Waals surface area contributed by atoms with Crippen LogP contribution in [-0.4, -0.2) is 47.6 Å². The van der Waals surface area contributed by atoms with Gasteiger partial charge in [-0.05, 0) is 51.8 Å². The van der Waals surface area contributed by atoms with Gasteiger partial charge in [-0.15, -0.1) is 0 Å². The summed E-state index contributed by atoms with van der Waals surface area (Å²) in [5.41, 5.74) is 0. The predicted molar refractivity (Wildman–Crippen MR) is 84.9 cm³/mol. The quantitative estimate of drug-likeness (QED) is 0.852. The van der Waals surface area contributed by atoms with Gasteiger partial charge in [-0.2, -0.15) is 11.8 Å². The number of hydrogen-bond acceptors (Lipinski definition) is 3. The maximum atomic E-state index is 3.96. The first-order chi connectivity index (χ1) is 9.22. The highest BCUT2D eigenvalue weighted by atomic mass is 32.2. The van der Waals surface area contributed by atoms with Gasteiger partial charge in [0.15, 0.2) is 0 Å². The summed E-state index contributed by atoms with van der Waals surface area (Å²) in [6.07, 6.45) is 15.2. The molecule has 0 aromatic heterocycles. The second kappa shape index (κ2) is 5.95. The number of fused-ring (bicyclic) bond motifs is 2. The standard InChI is InChI=1S/C16H30N2S/c1-18-14-6-7-15(18)11-13(10-14)17-12-16(19-2)8-4-3-5-9-16/h13-15,17H,3-12H2,1-2H3. The van der Waals surface area contributed by atoms with Crippen molar-refractivity contribution in [3.05, 3.63) is 0 Å². The smallest absolute Gasteiger partial charge is 0.0281 e. The summed E-state index contributed by atoms with van der Waals surface area (Å²) >= 11 is 2.13. The van der Waals surface area contributed by atoms with E-state index in [1.165, 1.54) is 64.3 Å². The molecule has 3 heteroatoms. The van der Waals surface area contributed by atoms with E-state index < -0.39 is 0 Å². The Labute approximate surface area is 123 Å². The Hall–Kier alpha value is 0.270. The van der Waals surface area contributed by atoms with Gasteiger partial charge in [0, 0.05) is 29.4 Å². The molecule has 19 heavy (non-hydrogen) atoms. The van der Waals surface area contributed by atoms with E-state index in [2.05, 4.69) is 35.3 Å². The lowest BCUT2D eigenvalue weighted by molar-refractivity contribution is 0.146. The van der Waals surface area contributed by atoms with Gasteiger partial charge in [-0.3, -0.25) is 0 Å². The van der Waals surface area contributed by atoms with Gasteiger partial charge < -0.3 is 10.2 Å². The average Bonchev–Trinajstić information content (AvgIpc) is 2.68. The van der Waals surface area contributed by atoms with Gasteiger partial charge in [-0.25, -0.2) is 0 Å². The van der Waals surface area contributed by atoms with Crippen LogP contribution in [0.3, 0.4) is 0 Å². The Morgan fingerprint density at radius 1 is 1.11 bits per heavy atom. The molecule has 2 aliphatic heterocycles. The van der Waals surface area contributed by atoms with Crippen molar-refractivity contribution in [2.45, 2.75) is 80.7 Å². The molecule has 1 N–H and O–H groups in total. The molecule has 110 valence electrons. The molecule has 2 nitrogen and oxygen atoms in total. The van der Waals surface area contributed by atoms with E-state index in [9.17, 15) is 0 Å². The number of rotatable bonds is 4. The Morgan fingerprint density at radius 2 is 1.74 bits per heavy atom. The molecule has 0 radical (unpaired) electrons. The number of nitrogens with one attached hydrogen (secondary N) is 1. The van der Waals surface area contributed by atoms with Gasteiger partial charge in [0.2, 0.25) is 0 Å². The van der Waals surface area contributed by atoms with Crippen molar-refractivity contribution in [2.75, 3.05) is 19.8 Å². The van der Waals surface area contributed by atoms with E-state index in [4.69, 9.17) is 0 Å². The van der Waals surface area contributed by atoms with Crippen LogP contribution in [0.25, 0.3) is 0 Å². The van der Waals surface area contributed by atoms with Crippen LogP contribution in [0.4, 0.5) is 0 Å². The van der Waals surface area contributed by atoms with E-state index in [0.717, 1.165) is 18.1 Å². The zero-order valence-electron chi connectivity index (χ0n) is 12.7. The van der Waals surface area contributed by atoms with E-state index in [1.807, 2.05) is 0 Å². The van der Waals surface area contributed by atoms with Crippen LogP contribution in [0.2, 0.25) is 0 Å². The average molecular weight is 282 g/mol. The lowest BCUT2D eigenvalue weighted by Crippen LogP contribution is -2.50. The van der Waals surface area contributed by atoms with Crippen LogP contribution in [0.5, 0.6) is 0 Å². The van der Waals surface area contributed by atoms with Gasteiger partial charge in [0.1, 0.15) is 0 Å². The largest absolute Gasteiger partial charge is 0.312 e. The molecule has 2 saturated heterocycles. The molecule has 3 rings (SSSR count). The van der Waals surface area contributed by atoms with E-state index in [-0.39, 0.29) is 0 Å². The molecule has 1 saturated carbocycles. The number of hydrogen-bond donors (Lipinski definition) is 1. The molecule has 0 amide bonds. The Kier molecular flexibility index (Phi) is 4.45. The molecular formula is C16H30N2S. The highest BCUT2D eigenvalue weighted by molar-refractivity contribution is 8.00. The fraction of sp³-hybridized carbons (Fsp3) is 1.00. The van der Waals surface area contributed by atoms with Gasteiger partial charge in [-0.1, -0.05) is 19.3 Å². The summed E-state index contributed by atoms with van der Waals surface area (Å²) in [7, 11) is 2.34. The minimum absolute atomic E-state index is 0.556. The summed E-state index contributed by atoms with van der Waals surface area (Å²) in [6.45, 7) is 1.25. The van der Waals surface area contributed by atoms with Crippen molar-refractivity contribution in [3.63, 3.8) is 0 Å². The molecule has 0 spiro atoms. The summed E-state index contributed by atoms with van der Waals surface area (Å²) < 4.78 is 0.556. The van der Waals surface area contributed by atoms with Crippen molar-refractivity contribution in [1.82, 2.24) is 10.2 Å². The second-order valence-corrected chi connectivity index (χ2v) is 8.32. The van der Waals surface area contributed by atoms with Crippen molar-refractivity contribution in [2.24, 2.45) is 0 Å². The third-order valence-corrected chi connectivity index (χ3v) is 7.43. The highest BCUT2D eigenvalue weighted by Crippen LogP contribution is 2.39. The van der Waals surface area contributed by atoms with Crippen LogP contribution in [0, 0.1) is 0 Å². The highest BCUT2D eigenvalue weighted by Gasteiger charge is 2.39. The van der Waals surface area contributed by atoms with Gasteiger partial charge in [0.25, 0.3) is 0 Å². The molecule has 1 aliphatic carbocycles. The topological polar surface area (TPSA) is 15.3 Å². The maximum absolute atomic E-state index is 3.96. The molecule has 2 atom stereocenters. The summed E-state index contributed by atoms with van der Waals surface area (Å²) in [6, 6.07) is 2.53. The third-order valence-electron chi connectivity index (χ3n) is 6.01. The Morgan fingerprint density at radius 3 is 2.32 bits per heavy atom. The first-order valence-corrected chi connectivity index (χ1v) is 9.45. The second-order valence-electron chi connectivity index (χ2n) is 7.05. The fourth-order valence-electron chi connectivity index (χ4n) is 4.56. The molecular weight excluding hydrogens is 252 g/mol. The van der Waals surface area contributed by atoms with E-state index in [1.54, 1.807) is 0 Å². The lowest BCUT2D eigenvalue weighted by Gasteiger charge is -2.41. The molecule has 2 heterocycles. The molecule has 0 aromatic rings. The molecule has 2 bridgehead atoms. The number of thioether (sulfide) groups is 1.